The quantitative estimate of drug-likeness (QED) is 0.562. The maximum absolute atomic E-state index is 11.1. The Morgan fingerprint density at radius 1 is 1.00 bits per heavy atom. The molecular weight excluding hydrogens is 330 g/mol. The molecule has 1 N–H and O–H groups in total. The summed E-state index contributed by atoms with van der Waals surface area (Å²) in [5.41, 5.74) is 2.02. The molecule has 6 heteroatoms. The molecule has 1 fully saturated rings. The lowest BCUT2D eigenvalue weighted by Gasteiger charge is -2.28. The number of fused-ring (bicyclic) bond motifs is 3. The van der Waals surface area contributed by atoms with Gasteiger partial charge in [-0.2, -0.15) is 0 Å². The zero-order chi connectivity index (χ0) is 18.1. The van der Waals surface area contributed by atoms with Gasteiger partial charge in [0.05, 0.1) is 17.6 Å². The van der Waals surface area contributed by atoms with Gasteiger partial charge in [0.15, 0.2) is 0 Å². The summed E-state index contributed by atoms with van der Waals surface area (Å²) in [5.74, 6) is 0. The van der Waals surface area contributed by atoms with Crippen LogP contribution in [0.5, 0.6) is 0 Å². The van der Waals surface area contributed by atoms with E-state index in [1.165, 1.54) is 25.3 Å². The van der Waals surface area contributed by atoms with Crippen LogP contribution in [0.15, 0.2) is 42.5 Å². The summed E-state index contributed by atoms with van der Waals surface area (Å²) in [5, 5.41) is 23.6. The molecule has 4 rings (SSSR count). The third-order valence-corrected chi connectivity index (χ3v) is 5.28. The van der Waals surface area contributed by atoms with E-state index in [0.717, 1.165) is 34.9 Å². The van der Waals surface area contributed by atoms with Crippen LogP contribution in [0.4, 0.5) is 5.69 Å². The highest BCUT2D eigenvalue weighted by Gasteiger charge is 2.19. The minimum absolute atomic E-state index is 0.0919. The van der Waals surface area contributed by atoms with Gasteiger partial charge in [0.25, 0.3) is 5.69 Å². The van der Waals surface area contributed by atoms with E-state index in [4.69, 9.17) is 0 Å². The van der Waals surface area contributed by atoms with Crippen molar-refractivity contribution in [3.05, 3.63) is 52.6 Å². The second-order valence-electron chi connectivity index (χ2n) is 7.10. The van der Waals surface area contributed by atoms with Gasteiger partial charge < -0.3 is 14.6 Å². The maximum atomic E-state index is 11.1. The smallest absolute Gasteiger partial charge is 0.270 e. The Balaban J connectivity index is 1.69. The van der Waals surface area contributed by atoms with Gasteiger partial charge in [0.2, 0.25) is 0 Å². The lowest BCUT2D eigenvalue weighted by molar-refractivity contribution is -0.384. The lowest BCUT2D eigenvalue weighted by Crippen LogP contribution is -2.38. The van der Waals surface area contributed by atoms with E-state index in [9.17, 15) is 15.2 Å². The van der Waals surface area contributed by atoms with Gasteiger partial charge in [-0.15, -0.1) is 0 Å². The van der Waals surface area contributed by atoms with Gasteiger partial charge in [-0.05, 0) is 38.1 Å². The third kappa shape index (κ3) is 3.18. The van der Waals surface area contributed by atoms with Crippen molar-refractivity contribution in [2.24, 2.45) is 0 Å². The largest absolute Gasteiger partial charge is 0.390 e. The summed E-state index contributed by atoms with van der Waals surface area (Å²) < 4.78 is 2.09. The van der Waals surface area contributed by atoms with Crippen molar-refractivity contribution in [1.29, 1.82) is 0 Å². The first-order chi connectivity index (χ1) is 12.6. The van der Waals surface area contributed by atoms with Crippen LogP contribution in [-0.2, 0) is 6.54 Å². The van der Waals surface area contributed by atoms with E-state index in [1.807, 2.05) is 24.3 Å². The van der Waals surface area contributed by atoms with Crippen LogP contribution in [0, 0.1) is 10.1 Å². The minimum atomic E-state index is -0.470. The van der Waals surface area contributed by atoms with Crippen LogP contribution in [0.3, 0.4) is 0 Å². The molecular formula is C20H23N3O3. The Kier molecular flexibility index (Phi) is 4.61. The van der Waals surface area contributed by atoms with Crippen LogP contribution >= 0.6 is 0 Å². The number of benzene rings is 2. The van der Waals surface area contributed by atoms with Gasteiger partial charge in [0.1, 0.15) is 0 Å². The fraction of sp³-hybridized carbons (Fsp3) is 0.400. The second kappa shape index (κ2) is 7.05. The van der Waals surface area contributed by atoms with Crippen molar-refractivity contribution in [2.45, 2.75) is 31.9 Å². The number of nitrogens with zero attached hydrogens (tertiary/aromatic N) is 3. The van der Waals surface area contributed by atoms with Crippen molar-refractivity contribution in [2.75, 3.05) is 19.6 Å². The number of nitro benzene ring substituents is 1. The predicted molar refractivity (Wildman–Crippen MR) is 102 cm³/mol. The van der Waals surface area contributed by atoms with Crippen molar-refractivity contribution in [3.8, 4) is 0 Å². The first kappa shape index (κ1) is 17.0. The SMILES string of the molecule is O=[N+]([O-])c1ccc2c(c1)c1ccccc1n2CC(O)CN1CCCCC1. The molecule has 26 heavy (non-hydrogen) atoms. The number of piperidine rings is 1. The number of β-amino-alcohol motifs (C(OH)–C–C–N with tert-alkyl or cyclic N) is 1. The highest BCUT2D eigenvalue weighted by Crippen LogP contribution is 2.31. The molecule has 2 aromatic carbocycles. The molecule has 1 unspecified atom stereocenters. The molecule has 0 bridgehead atoms. The summed E-state index contributed by atoms with van der Waals surface area (Å²) in [6, 6.07) is 12.9. The Morgan fingerprint density at radius 2 is 1.73 bits per heavy atom. The van der Waals surface area contributed by atoms with E-state index >= 15 is 0 Å². The van der Waals surface area contributed by atoms with E-state index in [-0.39, 0.29) is 10.6 Å². The highest BCUT2D eigenvalue weighted by molar-refractivity contribution is 6.08. The molecule has 6 nitrogen and oxygen atoms in total. The van der Waals surface area contributed by atoms with E-state index < -0.39 is 6.10 Å². The summed E-state index contributed by atoms with van der Waals surface area (Å²) in [7, 11) is 0. The monoisotopic (exact) mass is 353 g/mol. The number of nitro groups is 1. The molecule has 0 saturated carbocycles. The van der Waals surface area contributed by atoms with Crippen molar-refractivity contribution >= 4 is 27.5 Å². The van der Waals surface area contributed by atoms with Crippen LogP contribution < -0.4 is 0 Å². The molecule has 1 aromatic heterocycles. The Morgan fingerprint density at radius 3 is 2.50 bits per heavy atom. The van der Waals surface area contributed by atoms with Crippen LogP contribution in [0.1, 0.15) is 19.3 Å². The predicted octanol–water partition coefficient (Wildman–Crippen LogP) is 3.55. The number of rotatable bonds is 5. The summed E-state index contributed by atoms with van der Waals surface area (Å²) in [4.78, 5) is 13.1. The zero-order valence-electron chi connectivity index (χ0n) is 14.7. The molecule has 1 atom stereocenters. The van der Waals surface area contributed by atoms with Gasteiger partial charge in [0, 0.05) is 40.5 Å². The van der Waals surface area contributed by atoms with Gasteiger partial charge in [-0.3, -0.25) is 10.1 Å². The summed E-state index contributed by atoms with van der Waals surface area (Å²) in [6.45, 7) is 3.26. The van der Waals surface area contributed by atoms with Gasteiger partial charge >= 0.3 is 0 Å². The molecule has 2 heterocycles. The Hall–Kier alpha value is -2.44. The number of aliphatic hydroxyl groups is 1. The number of para-hydroxylation sites is 1. The first-order valence-corrected chi connectivity index (χ1v) is 9.19. The molecule has 0 spiro atoms. The third-order valence-electron chi connectivity index (χ3n) is 5.28. The number of aliphatic hydroxyl groups excluding tert-OH is 1. The average Bonchev–Trinajstić information content (AvgIpc) is 2.96. The van der Waals surface area contributed by atoms with Gasteiger partial charge in [-0.25, -0.2) is 0 Å². The molecule has 0 radical (unpaired) electrons. The number of aromatic nitrogens is 1. The first-order valence-electron chi connectivity index (χ1n) is 9.19. The standard InChI is InChI=1S/C20H23N3O3/c24-16(13-21-10-4-1-5-11-21)14-22-19-7-3-2-6-17(19)18-12-15(23(25)26)8-9-20(18)22/h2-3,6-9,12,16,24H,1,4-5,10-11,13-14H2. The van der Waals surface area contributed by atoms with E-state index in [1.54, 1.807) is 12.1 Å². The fourth-order valence-corrected chi connectivity index (χ4v) is 4.06. The van der Waals surface area contributed by atoms with Crippen molar-refractivity contribution in [3.63, 3.8) is 0 Å². The number of likely N-dealkylation sites (tertiary alicyclic amines) is 1. The molecule has 136 valence electrons. The van der Waals surface area contributed by atoms with Crippen LogP contribution in [0.25, 0.3) is 21.8 Å². The fourth-order valence-electron chi connectivity index (χ4n) is 4.06. The number of non-ortho nitro benzene ring substituents is 1. The normalized spacial score (nSPS) is 17.0. The summed E-state index contributed by atoms with van der Waals surface area (Å²) in [6.07, 6.45) is 3.21. The topological polar surface area (TPSA) is 71.5 Å². The van der Waals surface area contributed by atoms with Crippen LogP contribution in [-0.4, -0.2) is 45.2 Å². The minimum Gasteiger partial charge on any atom is -0.390 e. The van der Waals surface area contributed by atoms with Gasteiger partial charge in [-0.1, -0.05) is 24.6 Å². The Bertz CT molecular complexity index is 944. The maximum Gasteiger partial charge on any atom is 0.270 e. The zero-order valence-corrected chi connectivity index (χ0v) is 14.7. The summed E-state index contributed by atoms with van der Waals surface area (Å²) >= 11 is 0. The van der Waals surface area contributed by atoms with E-state index in [0.29, 0.717) is 13.1 Å². The molecule has 1 aliphatic rings. The highest BCUT2D eigenvalue weighted by atomic mass is 16.6. The lowest BCUT2D eigenvalue weighted by atomic mass is 10.1. The number of hydrogen-bond acceptors (Lipinski definition) is 4. The molecule has 1 saturated heterocycles. The average molecular weight is 353 g/mol. The Labute approximate surface area is 151 Å². The van der Waals surface area contributed by atoms with Crippen molar-refractivity contribution in [1.82, 2.24) is 9.47 Å². The molecule has 3 aromatic rings. The number of hydrogen-bond donors (Lipinski definition) is 1. The second-order valence-corrected chi connectivity index (χ2v) is 7.10. The van der Waals surface area contributed by atoms with Crippen LogP contribution in [0.2, 0.25) is 0 Å². The molecule has 1 aliphatic heterocycles. The van der Waals surface area contributed by atoms with E-state index in [2.05, 4.69) is 9.47 Å². The molecule has 0 amide bonds. The van der Waals surface area contributed by atoms with Crippen molar-refractivity contribution < 1.29 is 10.0 Å². The molecule has 0 aliphatic carbocycles.